The van der Waals surface area contributed by atoms with Crippen molar-refractivity contribution in [3.8, 4) is 0 Å². The monoisotopic (exact) mass is 238 g/mol. The fourth-order valence-electron chi connectivity index (χ4n) is 1.80. The maximum atomic E-state index is 11.5. The van der Waals surface area contributed by atoms with E-state index < -0.39 is 5.97 Å². The highest BCUT2D eigenvalue weighted by Gasteiger charge is 2.17. The standard InChI is InChI=1S/C13H18O4/c1-9(14)6-7-10-4-3-5-12(15)11(8-10)13(16)17-2/h8,15H,3-7H2,1-2H3. The molecule has 0 amide bonds. The van der Waals surface area contributed by atoms with Gasteiger partial charge in [-0.05, 0) is 32.3 Å². The lowest BCUT2D eigenvalue weighted by molar-refractivity contribution is -0.135. The van der Waals surface area contributed by atoms with Gasteiger partial charge in [0.15, 0.2) is 0 Å². The average Bonchev–Trinajstić information content (AvgIpc) is 2.47. The molecular weight excluding hydrogens is 220 g/mol. The molecule has 1 aliphatic carbocycles. The van der Waals surface area contributed by atoms with Gasteiger partial charge in [0.05, 0.1) is 12.7 Å². The first kappa shape index (κ1) is 13.5. The Morgan fingerprint density at radius 3 is 2.71 bits per heavy atom. The van der Waals surface area contributed by atoms with Crippen molar-refractivity contribution in [3.05, 3.63) is 23.0 Å². The summed E-state index contributed by atoms with van der Waals surface area (Å²) < 4.78 is 4.62. The minimum absolute atomic E-state index is 0.0784. The van der Waals surface area contributed by atoms with Gasteiger partial charge < -0.3 is 14.6 Å². The first-order chi connectivity index (χ1) is 8.04. The zero-order chi connectivity index (χ0) is 12.8. The van der Waals surface area contributed by atoms with Crippen LogP contribution in [0.4, 0.5) is 0 Å². The molecule has 1 aliphatic rings. The van der Waals surface area contributed by atoms with Crippen molar-refractivity contribution < 1.29 is 19.4 Å². The van der Waals surface area contributed by atoms with Gasteiger partial charge in [-0.15, -0.1) is 0 Å². The molecule has 0 bridgehead atoms. The molecule has 1 N–H and O–H groups in total. The van der Waals surface area contributed by atoms with Crippen LogP contribution in [0.25, 0.3) is 0 Å². The molecular formula is C13H18O4. The molecule has 94 valence electrons. The Morgan fingerprint density at radius 2 is 2.12 bits per heavy atom. The maximum absolute atomic E-state index is 11.5. The Kier molecular flexibility index (Phi) is 4.94. The number of carbonyl (C=O) groups is 2. The van der Waals surface area contributed by atoms with Gasteiger partial charge in [-0.25, -0.2) is 4.79 Å². The highest BCUT2D eigenvalue weighted by atomic mass is 16.5. The molecule has 4 nitrogen and oxygen atoms in total. The van der Waals surface area contributed by atoms with Crippen molar-refractivity contribution >= 4 is 11.8 Å². The van der Waals surface area contributed by atoms with Crippen molar-refractivity contribution in [2.75, 3.05) is 7.11 Å². The summed E-state index contributed by atoms with van der Waals surface area (Å²) in [5.74, 6) is -0.317. The molecule has 0 saturated heterocycles. The zero-order valence-electron chi connectivity index (χ0n) is 10.3. The van der Waals surface area contributed by atoms with Gasteiger partial charge in [-0.1, -0.05) is 5.57 Å². The van der Waals surface area contributed by atoms with Crippen LogP contribution in [-0.4, -0.2) is 24.0 Å². The number of ketones is 1. The van der Waals surface area contributed by atoms with Crippen LogP contribution in [0.2, 0.25) is 0 Å². The number of ether oxygens (including phenoxy) is 1. The molecule has 0 atom stereocenters. The Bertz CT molecular complexity index is 377. The Morgan fingerprint density at radius 1 is 1.41 bits per heavy atom. The largest absolute Gasteiger partial charge is 0.511 e. The van der Waals surface area contributed by atoms with Crippen LogP contribution in [0.15, 0.2) is 23.0 Å². The van der Waals surface area contributed by atoms with Crippen LogP contribution in [0, 0.1) is 0 Å². The van der Waals surface area contributed by atoms with Gasteiger partial charge in [0, 0.05) is 12.8 Å². The highest BCUT2D eigenvalue weighted by Crippen LogP contribution is 2.25. The number of rotatable bonds is 4. The van der Waals surface area contributed by atoms with Crippen LogP contribution in [0.5, 0.6) is 0 Å². The number of aliphatic hydroxyl groups is 1. The minimum Gasteiger partial charge on any atom is -0.511 e. The molecule has 0 spiro atoms. The molecule has 0 aromatic rings. The summed E-state index contributed by atoms with van der Waals surface area (Å²) in [5.41, 5.74) is 1.24. The summed E-state index contributed by atoms with van der Waals surface area (Å²) >= 11 is 0. The fourth-order valence-corrected chi connectivity index (χ4v) is 1.80. The van der Waals surface area contributed by atoms with Crippen LogP contribution in [0.1, 0.15) is 39.0 Å². The van der Waals surface area contributed by atoms with Crippen LogP contribution in [0.3, 0.4) is 0 Å². The molecule has 0 aromatic heterocycles. The predicted molar refractivity (Wildman–Crippen MR) is 63.5 cm³/mol. The van der Waals surface area contributed by atoms with E-state index in [1.165, 1.54) is 7.11 Å². The first-order valence-corrected chi connectivity index (χ1v) is 5.74. The van der Waals surface area contributed by atoms with Crippen LogP contribution >= 0.6 is 0 Å². The molecule has 17 heavy (non-hydrogen) atoms. The summed E-state index contributed by atoms with van der Waals surface area (Å²) in [5, 5.41) is 9.71. The number of allylic oxidation sites excluding steroid dienone is 2. The molecule has 0 radical (unpaired) electrons. The van der Waals surface area contributed by atoms with Crippen molar-refractivity contribution in [2.24, 2.45) is 0 Å². The lowest BCUT2D eigenvalue weighted by Crippen LogP contribution is -2.06. The molecule has 4 heteroatoms. The van der Waals surface area contributed by atoms with Crippen LogP contribution in [-0.2, 0) is 14.3 Å². The zero-order valence-corrected chi connectivity index (χ0v) is 10.3. The third-order valence-corrected chi connectivity index (χ3v) is 2.77. The van der Waals surface area contributed by atoms with Crippen LogP contribution < -0.4 is 0 Å². The Labute approximate surface area is 101 Å². The molecule has 1 rings (SSSR count). The third kappa shape index (κ3) is 4.06. The number of esters is 1. The van der Waals surface area contributed by atoms with E-state index in [9.17, 15) is 14.7 Å². The second kappa shape index (κ2) is 6.23. The van der Waals surface area contributed by atoms with Gasteiger partial charge in [-0.3, -0.25) is 0 Å². The second-order valence-electron chi connectivity index (χ2n) is 4.21. The van der Waals surface area contributed by atoms with E-state index in [1.54, 1.807) is 13.0 Å². The molecule has 0 saturated carbocycles. The van der Waals surface area contributed by atoms with E-state index in [0.717, 1.165) is 18.4 Å². The quantitative estimate of drug-likeness (QED) is 0.764. The van der Waals surface area contributed by atoms with E-state index in [1.807, 2.05) is 0 Å². The number of carbonyl (C=O) groups excluding carboxylic acids is 2. The molecule has 0 unspecified atom stereocenters. The number of methoxy groups -OCH3 is 1. The summed E-state index contributed by atoms with van der Waals surface area (Å²) in [7, 11) is 1.29. The van der Waals surface area contributed by atoms with E-state index in [4.69, 9.17) is 0 Å². The van der Waals surface area contributed by atoms with Gasteiger partial charge in [0.25, 0.3) is 0 Å². The number of hydrogen-bond donors (Lipinski definition) is 1. The molecule has 0 aromatic carbocycles. The molecule has 0 aliphatic heterocycles. The van der Waals surface area contributed by atoms with Gasteiger partial charge >= 0.3 is 5.97 Å². The summed E-state index contributed by atoms with van der Waals surface area (Å²) in [4.78, 5) is 22.4. The average molecular weight is 238 g/mol. The van der Waals surface area contributed by atoms with E-state index in [0.29, 0.717) is 19.3 Å². The molecule has 0 heterocycles. The van der Waals surface area contributed by atoms with Crippen molar-refractivity contribution in [1.82, 2.24) is 0 Å². The van der Waals surface area contributed by atoms with Crippen molar-refractivity contribution in [2.45, 2.75) is 39.0 Å². The second-order valence-corrected chi connectivity index (χ2v) is 4.21. The third-order valence-electron chi connectivity index (χ3n) is 2.77. The van der Waals surface area contributed by atoms with E-state index in [-0.39, 0.29) is 17.1 Å². The van der Waals surface area contributed by atoms with E-state index >= 15 is 0 Å². The molecule has 0 fully saturated rings. The number of hydrogen-bond acceptors (Lipinski definition) is 4. The van der Waals surface area contributed by atoms with Gasteiger partial charge in [-0.2, -0.15) is 0 Å². The predicted octanol–water partition coefficient (Wildman–Crippen LogP) is 2.45. The van der Waals surface area contributed by atoms with Crippen molar-refractivity contribution in [3.63, 3.8) is 0 Å². The van der Waals surface area contributed by atoms with Gasteiger partial charge in [0.1, 0.15) is 11.5 Å². The fraction of sp³-hybridized carbons (Fsp3) is 0.538. The first-order valence-electron chi connectivity index (χ1n) is 5.74. The summed E-state index contributed by atoms with van der Waals surface area (Å²) in [6.07, 6.45) is 4.85. The highest BCUT2D eigenvalue weighted by molar-refractivity contribution is 5.92. The number of Topliss-reactive ketones (excluding diaryl/α,β-unsaturated/α-hetero) is 1. The Balaban J connectivity index is 2.85. The van der Waals surface area contributed by atoms with Crippen molar-refractivity contribution in [1.29, 1.82) is 0 Å². The summed E-state index contributed by atoms with van der Waals surface area (Å²) in [6.45, 7) is 1.55. The normalized spacial score (nSPS) is 16.2. The maximum Gasteiger partial charge on any atom is 0.341 e. The SMILES string of the molecule is COC(=O)C1=C(O)CCCC(CCC(C)=O)=C1. The summed E-state index contributed by atoms with van der Waals surface area (Å²) in [6, 6.07) is 0. The van der Waals surface area contributed by atoms with E-state index in [2.05, 4.69) is 4.74 Å². The van der Waals surface area contributed by atoms with Gasteiger partial charge in [0.2, 0.25) is 0 Å². The smallest absolute Gasteiger partial charge is 0.341 e. The lowest BCUT2D eigenvalue weighted by atomic mass is 10.0. The topological polar surface area (TPSA) is 63.6 Å². The Hall–Kier alpha value is -1.58. The number of aliphatic hydroxyl groups excluding tert-OH is 1. The minimum atomic E-state index is -0.523. The lowest BCUT2D eigenvalue weighted by Gasteiger charge is -2.04.